The maximum absolute atomic E-state index is 11.7. The highest BCUT2D eigenvalue weighted by atomic mass is 79.9. The number of carbonyl (C=O) groups excluding carboxylic acids is 1. The van der Waals surface area contributed by atoms with Crippen molar-refractivity contribution in [2.24, 2.45) is 0 Å². The van der Waals surface area contributed by atoms with E-state index in [1.54, 1.807) is 0 Å². The van der Waals surface area contributed by atoms with Crippen molar-refractivity contribution in [3.8, 4) is 5.75 Å². The molecule has 1 rings (SSSR count). The lowest BCUT2D eigenvalue weighted by atomic mass is 9.87. The number of carbonyl (C=O) groups is 1. The van der Waals surface area contributed by atoms with Gasteiger partial charge in [0.2, 0.25) is 0 Å². The molecule has 0 fully saturated rings. The van der Waals surface area contributed by atoms with Crippen LogP contribution >= 0.6 is 15.9 Å². The van der Waals surface area contributed by atoms with Crippen molar-refractivity contribution in [2.75, 3.05) is 33.8 Å². The molecule has 0 unspecified atom stereocenters. The third-order valence-electron chi connectivity index (χ3n) is 3.10. The monoisotopic (exact) mass is 357 g/mol. The molecule has 2 N–H and O–H groups in total. The molecular formula is C16H26BrN2O2+. The number of amides is 1. The van der Waals surface area contributed by atoms with Crippen LogP contribution in [0.25, 0.3) is 0 Å². The number of nitrogens with one attached hydrogen (secondary N) is 2. The molecule has 0 spiro atoms. The van der Waals surface area contributed by atoms with Gasteiger partial charge in [0.25, 0.3) is 5.91 Å². The van der Waals surface area contributed by atoms with E-state index in [1.807, 2.05) is 18.2 Å². The SMILES string of the molecule is C[NH+](C)CCNC(=O)COc1ccc(C(C)(C)C)cc1Br. The maximum atomic E-state index is 11.7. The van der Waals surface area contributed by atoms with Crippen molar-refractivity contribution < 1.29 is 14.4 Å². The van der Waals surface area contributed by atoms with Crippen LogP contribution in [0, 0.1) is 0 Å². The normalized spacial score (nSPS) is 11.6. The smallest absolute Gasteiger partial charge is 0.258 e. The van der Waals surface area contributed by atoms with Crippen molar-refractivity contribution in [1.29, 1.82) is 0 Å². The van der Waals surface area contributed by atoms with Gasteiger partial charge in [0, 0.05) is 0 Å². The number of benzene rings is 1. The maximum Gasteiger partial charge on any atom is 0.258 e. The Bertz CT molecular complexity index is 482. The van der Waals surface area contributed by atoms with Gasteiger partial charge in [0.05, 0.1) is 31.7 Å². The Kier molecular flexibility index (Phi) is 6.68. The Morgan fingerprint density at radius 2 is 2.00 bits per heavy atom. The topological polar surface area (TPSA) is 42.8 Å². The molecule has 1 amide bonds. The largest absolute Gasteiger partial charge is 0.483 e. The van der Waals surface area contributed by atoms with E-state index in [2.05, 4.69) is 56.1 Å². The van der Waals surface area contributed by atoms with Crippen LogP contribution in [-0.4, -0.2) is 39.7 Å². The number of hydrogen-bond acceptors (Lipinski definition) is 2. The van der Waals surface area contributed by atoms with Crippen LogP contribution in [0.1, 0.15) is 26.3 Å². The van der Waals surface area contributed by atoms with Gasteiger partial charge in [0.15, 0.2) is 6.61 Å². The lowest BCUT2D eigenvalue weighted by Gasteiger charge is -2.20. The summed E-state index contributed by atoms with van der Waals surface area (Å²) in [4.78, 5) is 13.0. The number of quaternary nitrogens is 1. The molecule has 0 aliphatic heterocycles. The first-order valence-electron chi connectivity index (χ1n) is 7.18. The van der Waals surface area contributed by atoms with E-state index in [0.29, 0.717) is 12.3 Å². The molecule has 0 aromatic heterocycles. The second-order valence-electron chi connectivity index (χ2n) is 6.49. The summed E-state index contributed by atoms with van der Waals surface area (Å²) in [7, 11) is 4.10. The van der Waals surface area contributed by atoms with Crippen molar-refractivity contribution >= 4 is 21.8 Å². The Labute approximate surface area is 136 Å². The standard InChI is InChI=1S/C16H25BrN2O2/c1-16(2,3)12-6-7-14(13(17)10-12)21-11-15(20)18-8-9-19(4)5/h6-7,10H,8-9,11H2,1-5H3,(H,18,20)/p+1. The Balaban J connectivity index is 2.51. The zero-order valence-electron chi connectivity index (χ0n) is 13.5. The molecule has 0 atom stereocenters. The molecule has 5 heteroatoms. The fourth-order valence-corrected chi connectivity index (χ4v) is 2.22. The van der Waals surface area contributed by atoms with Gasteiger partial charge in [-0.15, -0.1) is 0 Å². The van der Waals surface area contributed by atoms with Crippen LogP contribution in [0.15, 0.2) is 22.7 Å². The van der Waals surface area contributed by atoms with E-state index < -0.39 is 0 Å². The second kappa shape index (κ2) is 7.80. The first kappa shape index (κ1) is 18.0. The highest BCUT2D eigenvalue weighted by Gasteiger charge is 2.15. The Morgan fingerprint density at radius 3 is 2.52 bits per heavy atom. The number of hydrogen-bond donors (Lipinski definition) is 2. The van der Waals surface area contributed by atoms with Gasteiger partial charge in [0.1, 0.15) is 5.75 Å². The molecular weight excluding hydrogens is 332 g/mol. The van der Waals surface area contributed by atoms with Crippen LogP contribution in [0.4, 0.5) is 0 Å². The summed E-state index contributed by atoms with van der Waals surface area (Å²) in [5.41, 5.74) is 1.31. The van der Waals surface area contributed by atoms with E-state index >= 15 is 0 Å². The number of rotatable bonds is 6. The minimum atomic E-state index is -0.0944. The van der Waals surface area contributed by atoms with Crippen molar-refractivity contribution in [3.05, 3.63) is 28.2 Å². The van der Waals surface area contributed by atoms with Crippen LogP contribution in [-0.2, 0) is 10.2 Å². The first-order chi connectivity index (χ1) is 9.70. The second-order valence-corrected chi connectivity index (χ2v) is 7.35. The van der Waals surface area contributed by atoms with Gasteiger partial charge in [-0.25, -0.2) is 0 Å². The summed E-state index contributed by atoms with van der Waals surface area (Å²) in [6.07, 6.45) is 0. The minimum absolute atomic E-state index is 0.0379. The highest BCUT2D eigenvalue weighted by molar-refractivity contribution is 9.10. The van der Waals surface area contributed by atoms with E-state index in [4.69, 9.17) is 4.74 Å². The van der Waals surface area contributed by atoms with Crippen LogP contribution in [0.3, 0.4) is 0 Å². The molecule has 4 nitrogen and oxygen atoms in total. The molecule has 0 heterocycles. The summed E-state index contributed by atoms with van der Waals surface area (Å²) >= 11 is 3.50. The Morgan fingerprint density at radius 1 is 1.33 bits per heavy atom. The van der Waals surface area contributed by atoms with Gasteiger partial charge in [-0.3, -0.25) is 4.79 Å². The molecule has 1 aromatic carbocycles. The molecule has 118 valence electrons. The van der Waals surface area contributed by atoms with Crippen LogP contribution in [0.2, 0.25) is 0 Å². The molecule has 0 aliphatic carbocycles. The zero-order chi connectivity index (χ0) is 16.0. The average molecular weight is 358 g/mol. The summed E-state index contributed by atoms with van der Waals surface area (Å²) in [5.74, 6) is 0.597. The average Bonchev–Trinajstić information content (AvgIpc) is 2.35. The first-order valence-corrected chi connectivity index (χ1v) is 7.98. The lowest BCUT2D eigenvalue weighted by Crippen LogP contribution is -3.06. The van der Waals surface area contributed by atoms with Gasteiger partial charge < -0.3 is 15.0 Å². The highest BCUT2D eigenvalue weighted by Crippen LogP contribution is 2.31. The quantitative estimate of drug-likeness (QED) is 0.807. The molecule has 0 bridgehead atoms. The molecule has 21 heavy (non-hydrogen) atoms. The van der Waals surface area contributed by atoms with Gasteiger partial charge in [-0.05, 0) is 39.0 Å². The summed E-state index contributed by atoms with van der Waals surface area (Å²) in [6, 6.07) is 5.98. The summed E-state index contributed by atoms with van der Waals surface area (Å²) < 4.78 is 6.43. The van der Waals surface area contributed by atoms with Crippen molar-refractivity contribution in [2.45, 2.75) is 26.2 Å². The third-order valence-corrected chi connectivity index (χ3v) is 3.72. The van der Waals surface area contributed by atoms with Crippen molar-refractivity contribution in [1.82, 2.24) is 5.32 Å². The van der Waals surface area contributed by atoms with Gasteiger partial charge in [-0.1, -0.05) is 26.8 Å². The van der Waals surface area contributed by atoms with E-state index in [-0.39, 0.29) is 17.9 Å². The molecule has 1 aromatic rings. The zero-order valence-corrected chi connectivity index (χ0v) is 15.1. The van der Waals surface area contributed by atoms with E-state index in [0.717, 1.165) is 11.0 Å². The van der Waals surface area contributed by atoms with Crippen LogP contribution < -0.4 is 15.0 Å². The fourth-order valence-electron chi connectivity index (χ4n) is 1.73. The number of ether oxygens (including phenoxy) is 1. The minimum Gasteiger partial charge on any atom is -0.483 e. The third kappa shape index (κ3) is 6.48. The summed E-state index contributed by atoms with van der Waals surface area (Å²) in [5, 5.41) is 2.84. The fraction of sp³-hybridized carbons (Fsp3) is 0.562. The predicted octanol–water partition coefficient (Wildman–Crippen LogP) is 1.39. The number of halogens is 1. The molecule has 0 saturated carbocycles. The van der Waals surface area contributed by atoms with Crippen LogP contribution in [0.5, 0.6) is 5.75 Å². The summed E-state index contributed by atoms with van der Waals surface area (Å²) in [6.45, 7) is 8.08. The Hall–Kier alpha value is -1.07. The number of likely N-dealkylation sites (N-methyl/N-ethyl adjacent to an activating group) is 1. The molecule has 0 radical (unpaired) electrons. The van der Waals surface area contributed by atoms with Crippen molar-refractivity contribution in [3.63, 3.8) is 0 Å². The molecule has 0 saturated heterocycles. The lowest BCUT2D eigenvalue weighted by molar-refractivity contribution is -0.856. The van der Waals surface area contributed by atoms with Gasteiger partial charge in [-0.2, -0.15) is 0 Å². The van der Waals surface area contributed by atoms with Gasteiger partial charge >= 0.3 is 0 Å². The van der Waals surface area contributed by atoms with E-state index in [9.17, 15) is 4.79 Å². The van der Waals surface area contributed by atoms with E-state index in [1.165, 1.54) is 10.5 Å². The predicted molar refractivity (Wildman–Crippen MR) is 89.0 cm³/mol. The molecule has 0 aliphatic rings.